The average Bonchev–Trinajstić information content (AvgIpc) is 2.39. The molecule has 0 radical (unpaired) electrons. The van der Waals surface area contributed by atoms with Gasteiger partial charge in [-0.3, -0.25) is 14.5 Å². The zero-order valence-corrected chi connectivity index (χ0v) is 11.8. The lowest BCUT2D eigenvalue weighted by molar-refractivity contribution is -0.138. The first-order valence-corrected chi connectivity index (χ1v) is 6.43. The summed E-state index contributed by atoms with van der Waals surface area (Å²) >= 11 is 0. The number of hydrogen-bond acceptors (Lipinski definition) is 4. The van der Waals surface area contributed by atoms with Gasteiger partial charge in [0.25, 0.3) is 0 Å². The number of hydrogen-bond donors (Lipinski definition) is 2. The number of carbonyl (C=O) groups excluding carboxylic acids is 1. The van der Waals surface area contributed by atoms with E-state index in [1.165, 1.54) is 0 Å². The van der Waals surface area contributed by atoms with Gasteiger partial charge in [0.1, 0.15) is 5.75 Å². The number of methoxy groups -OCH3 is 1. The Kier molecular flexibility index (Phi) is 6.52. The molecule has 2 N–H and O–H groups in total. The Morgan fingerprint density at radius 3 is 2.40 bits per heavy atom. The monoisotopic (exact) mass is 280 g/mol. The van der Waals surface area contributed by atoms with Crippen LogP contribution in [0, 0.1) is 0 Å². The van der Waals surface area contributed by atoms with Crippen molar-refractivity contribution in [2.75, 3.05) is 32.1 Å². The summed E-state index contributed by atoms with van der Waals surface area (Å²) < 4.78 is 5.03. The number of carboxylic acids is 1. The van der Waals surface area contributed by atoms with E-state index in [1.54, 1.807) is 36.3 Å². The fraction of sp³-hybridized carbons (Fsp3) is 0.429. The third-order valence-electron chi connectivity index (χ3n) is 2.64. The van der Waals surface area contributed by atoms with Crippen LogP contribution in [0.4, 0.5) is 5.69 Å². The van der Waals surface area contributed by atoms with Gasteiger partial charge in [-0.1, -0.05) is 6.92 Å². The molecule has 0 fully saturated rings. The molecule has 0 spiro atoms. The molecule has 1 rings (SSSR count). The van der Waals surface area contributed by atoms with E-state index in [-0.39, 0.29) is 19.0 Å². The summed E-state index contributed by atoms with van der Waals surface area (Å²) in [6, 6.07) is 6.96. The minimum Gasteiger partial charge on any atom is -0.497 e. The largest absolute Gasteiger partial charge is 0.497 e. The number of aliphatic carboxylic acids is 1. The van der Waals surface area contributed by atoms with Crippen molar-refractivity contribution >= 4 is 17.6 Å². The molecule has 1 aromatic rings. The van der Waals surface area contributed by atoms with E-state index in [2.05, 4.69) is 5.32 Å². The molecule has 0 aliphatic rings. The molecular formula is C14H20N2O4. The first-order valence-electron chi connectivity index (χ1n) is 6.43. The molecule has 6 heteroatoms. The molecular weight excluding hydrogens is 260 g/mol. The maximum Gasteiger partial charge on any atom is 0.317 e. The van der Waals surface area contributed by atoms with Gasteiger partial charge in [-0.2, -0.15) is 0 Å². The van der Waals surface area contributed by atoms with Crippen LogP contribution in [0.15, 0.2) is 24.3 Å². The zero-order valence-electron chi connectivity index (χ0n) is 11.8. The predicted octanol–water partition coefficient (Wildman–Crippen LogP) is 1.43. The lowest BCUT2D eigenvalue weighted by Crippen LogP contribution is -2.37. The van der Waals surface area contributed by atoms with Crippen molar-refractivity contribution in [1.29, 1.82) is 0 Å². The molecule has 0 aliphatic carbocycles. The van der Waals surface area contributed by atoms with Crippen molar-refractivity contribution in [3.05, 3.63) is 24.3 Å². The fourth-order valence-corrected chi connectivity index (χ4v) is 1.80. The predicted molar refractivity (Wildman–Crippen MR) is 76.0 cm³/mol. The van der Waals surface area contributed by atoms with E-state index >= 15 is 0 Å². The molecule has 0 atom stereocenters. The number of nitrogens with zero attached hydrogens (tertiary/aromatic N) is 1. The van der Waals surface area contributed by atoms with Gasteiger partial charge in [0.2, 0.25) is 5.91 Å². The maximum absolute atomic E-state index is 11.9. The topological polar surface area (TPSA) is 78.9 Å². The van der Waals surface area contributed by atoms with E-state index in [0.717, 1.165) is 6.42 Å². The first kappa shape index (κ1) is 16.0. The van der Waals surface area contributed by atoms with Crippen molar-refractivity contribution in [2.24, 2.45) is 0 Å². The number of carbonyl (C=O) groups is 2. The molecule has 20 heavy (non-hydrogen) atoms. The van der Waals surface area contributed by atoms with Crippen LogP contribution < -0.4 is 10.1 Å². The average molecular weight is 280 g/mol. The Hall–Kier alpha value is -2.08. The van der Waals surface area contributed by atoms with E-state index < -0.39 is 5.97 Å². The van der Waals surface area contributed by atoms with Gasteiger partial charge in [-0.05, 0) is 37.2 Å². The Balaban J connectivity index is 2.53. The SMILES string of the molecule is CCCN(CC(=O)O)CC(=O)Nc1ccc(OC)cc1. The molecule has 1 amide bonds. The number of benzene rings is 1. The number of anilines is 1. The molecule has 110 valence electrons. The molecule has 6 nitrogen and oxygen atoms in total. The summed E-state index contributed by atoms with van der Waals surface area (Å²) in [5, 5.41) is 11.5. The smallest absolute Gasteiger partial charge is 0.317 e. The number of ether oxygens (including phenoxy) is 1. The third-order valence-corrected chi connectivity index (χ3v) is 2.64. The van der Waals surface area contributed by atoms with Crippen molar-refractivity contribution in [3.8, 4) is 5.75 Å². The lowest BCUT2D eigenvalue weighted by atomic mass is 10.3. The van der Waals surface area contributed by atoms with Gasteiger partial charge >= 0.3 is 5.97 Å². The van der Waals surface area contributed by atoms with Gasteiger partial charge in [0.15, 0.2) is 0 Å². The summed E-state index contributed by atoms with van der Waals surface area (Å²) in [5.74, 6) is -0.456. The highest BCUT2D eigenvalue weighted by molar-refractivity contribution is 5.92. The van der Waals surface area contributed by atoms with Crippen LogP contribution in [0.5, 0.6) is 5.75 Å². The second-order valence-corrected chi connectivity index (χ2v) is 4.38. The number of rotatable bonds is 8. The van der Waals surface area contributed by atoms with Crippen molar-refractivity contribution in [2.45, 2.75) is 13.3 Å². The Morgan fingerprint density at radius 1 is 1.25 bits per heavy atom. The van der Waals surface area contributed by atoms with Gasteiger partial charge in [-0.15, -0.1) is 0 Å². The minimum atomic E-state index is -0.935. The summed E-state index contributed by atoms with van der Waals surface area (Å²) in [6.45, 7) is 2.44. The van der Waals surface area contributed by atoms with Crippen LogP contribution in [0.2, 0.25) is 0 Å². The van der Waals surface area contributed by atoms with Gasteiger partial charge in [0.05, 0.1) is 20.2 Å². The standard InChI is InChI=1S/C14H20N2O4/c1-3-8-16(10-14(18)19)9-13(17)15-11-4-6-12(20-2)7-5-11/h4-7H,3,8-10H2,1-2H3,(H,15,17)(H,18,19). The van der Waals surface area contributed by atoms with E-state index in [4.69, 9.17) is 9.84 Å². The quantitative estimate of drug-likeness (QED) is 0.753. The lowest BCUT2D eigenvalue weighted by Gasteiger charge is -2.18. The van der Waals surface area contributed by atoms with Crippen LogP contribution in [-0.4, -0.2) is 48.6 Å². The minimum absolute atomic E-state index is 0.0617. The first-order chi connectivity index (χ1) is 9.55. The van der Waals surface area contributed by atoms with E-state index in [9.17, 15) is 9.59 Å². The highest BCUT2D eigenvalue weighted by atomic mass is 16.5. The zero-order chi connectivity index (χ0) is 15.0. The fourth-order valence-electron chi connectivity index (χ4n) is 1.80. The number of amides is 1. The third kappa shape index (κ3) is 5.71. The molecule has 0 heterocycles. The maximum atomic E-state index is 11.9. The Bertz CT molecular complexity index is 445. The number of nitrogens with one attached hydrogen (secondary N) is 1. The van der Waals surface area contributed by atoms with Crippen LogP contribution >= 0.6 is 0 Å². The highest BCUT2D eigenvalue weighted by Gasteiger charge is 2.13. The molecule has 0 saturated heterocycles. The normalized spacial score (nSPS) is 10.3. The molecule has 0 saturated carbocycles. The van der Waals surface area contributed by atoms with E-state index in [0.29, 0.717) is 18.0 Å². The molecule has 0 aromatic heterocycles. The van der Waals surface area contributed by atoms with Crippen LogP contribution in [0.3, 0.4) is 0 Å². The molecule has 0 aliphatic heterocycles. The van der Waals surface area contributed by atoms with Crippen LogP contribution in [0.25, 0.3) is 0 Å². The van der Waals surface area contributed by atoms with Gasteiger partial charge < -0.3 is 15.2 Å². The van der Waals surface area contributed by atoms with Crippen LogP contribution in [-0.2, 0) is 9.59 Å². The molecule has 0 unspecified atom stereocenters. The van der Waals surface area contributed by atoms with Gasteiger partial charge in [-0.25, -0.2) is 0 Å². The van der Waals surface area contributed by atoms with Crippen LogP contribution in [0.1, 0.15) is 13.3 Å². The second kappa shape index (κ2) is 8.16. The Morgan fingerprint density at radius 2 is 1.90 bits per heavy atom. The van der Waals surface area contributed by atoms with Crippen molar-refractivity contribution < 1.29 is 19.4 Å². The summed E-state index contributed by atoms with van der Waals surface area (Å²) in [6.07, 6.45) is 0.795. The van der Waals surface area contributed by atoms with E-state index in [1.807, 2.05) is 6.92 Å². The molecule has 0 bridgehead atoms. The van der Waals surface area contributed by atoms with Crippen molar-refractivity contribution in [3.63, 3.8) is 0 Å². The molecule has 1 aromatic carbocycles. The second-order valence-electron chi connectivity index (χ2n) is 4.38. The summed E-state index contributed by atoms with van der Waals surface area (Å²) in [4.78, 5) is 24.2. The number of carboxylic acid groups (broad SMARTS) is 1. The summed E-state index contributed by atoms with van der Waals surface area (Å²) in [7, 11) is 1.57. The van der Waals surface area contributed by atoms with Gasteiger partial charge in [0, 0.05) is 5.69 Å². The highest BCUT2D eigenvalue weighted by Crippen LogP contribution is 2.14. The van der Waals surface area contributed by atoms with Crippen molar-refractivity contribution in [1.82, 2.24) is 4.90 Å². The summed E-state index contributed by atoms with van der Waals surface area (Å²) in [5.41, 5.74) is 0.655. The Labute approximate surface area is 118 Å².